The first kappa shape index (κ1) is 16.0. The Kier molecular flexibility index (Phi) is 5.56. The van der Waals surface area contributed by atoms with Crippen LogP contribution in [0.15, 0.2) is 0 Å². The van der Waals surface area contributed by atoms with Gasteiger partial charge in [0, 0.05) is 0 Å². The third-order valence-corrected chi connectivity index (χ3v) is 3.67. The Morgan fingerprint density at radius 2 is 1.12 bits per heavy atom. The van der Waals surface area contributed by atoms with Gasteiger partial charge in [0.25, 0.3) is 0 Å². The Hall–Kier alpha value is 0. The largest absolute Gasteiger partial charge is 0.0649 e. The summed E-state index contributed by atoms with van der Waals surface area (Å²) >= 11 is 0. The molecule has 0 aliphatic heterocycles. The van der Waals surface area contributed by atoms with Crippen LogP contribution in [0.4, 0.5) is 0 Å². The molecule has 0 heteroatoms. The highest BCUT2D eigenvalue weighted by Crippen LogP contribution is 2.38. The fourth-order valence-electron chi connectivity index (χ4n) is 2.75. The van der Waals surface area contributed by atoms with Gasteiger partial charge in [-0.25, -0.2) is 0 Å². The topological polar surface area (TPSA) is 0 Å². The highest BCUT2D eigenvalue weighted by molar-refractivity contribution is 4.77. The van der Waals surface area contributed by atoms with Crippen LogP contribution in [0.3, 0.4) is 0 Å². The van der Waals surface area contributed by atoms with Crippen molar-refractivity contribution in [1.82, 2.24) is 0 Å². The number of rotatable bonds is 6. The Labute approximate surface area is 104 Å². The van der Waals surface area contributed by atoms with Crippen molar-refractivity contribution in [3.8, 4) is 0 Å². The monoisotopic (exact) mass is 226 g/mol. The van der Waals surface area contributed by atoms with Crippen LogP contribution in [-0.2, 0) is 0 Å². The van der Waals surface area contributed by atoms with Gasteiger partial charge in [-0.3, -0.25) is 0 Å². The van der Waals surface area contributed by atoms with Crippen molar-refractivity contribution in [3.05, 3.63) is 0 Å². The standard InChI is InChI=1S/C16H34/c1-9-15(5,6)11-10-12-16(7,8)13-14(2,3)4/h9-13H2,1-8H3. The molecule has 0 radical (unpaired) electrons. The van der Waals surface area contributed by atoms with E-state index in [1.54, 1.807) is 0 Å². The summed E-state index contributed by atoms with van der Waals surface area (Å²) in [4.78, 5) is 0. The average molecular weight is 226 g/mol. The molecular formula is C16H34. The molecule has 0 saturated carbocycles. The van der Waals surface area contributed by atoms with E-state index >= 15 is 0 Å². The van der Waals surface area contributed by atoms with Crippen molar-refractivity contribution in [3.63, 3.8) is 0 Å². The molecule has 0 nitrogen and oxygen atoms in total. The number of hydrogen-bond acceptors (Lipinski definition) is 0. The van der Waals surface area contributed by atoms with Gasteiger partial charge >= 0.3 is 0 Å². The Balaban J connectivity index is 4.01. The summed E-state index contributed by atoms with van der Waals surface area (Å²) in [5.74, 6) is 0. The van der Waals surface area contributed by atoms with Crippen LogP contribution < -0.4 is 0 Å². The van der Waals surface area contributed by atoms with Crippen LogP contribution in [0.5, 0.6) is 0 Å². The summed E-state index contributed by atoms with van der Waals surface area (Å²) in [5.41, 5.74) is 1.50. The smallest absolute Gasteiger partial charge is 0.0349 e. The lowest BCUT2D eigenvalue weighted by atomic mass is 9.72. The highest BCUT2D eigenvalue weighted by atomic mass is 14.3. The predicted molar refractivity (Wildman–Crippen MR) is 75.8 cm³/mol. The van der Waals surface area contributed by atoms with Gasteiger partial charge in [0.15, 0.2) is 0 Å². The van der Waals surface area contributed by atoms with Crippen molar-refractivity contribution in [1.29, 1.82) is 0 Å². The predicted octanol–water partition coefficient (Wildman–Crippen LogP) is 6.06. The van der Waals surface area contributed by atoms with Gasteiger partial charge in [-0.2, -0.15) is 0 Å². The molecule has 0 amide bonds. The lowest BCUT2D eigenvalue weighted by Crippen LogP contribution is -2.21. The van der Waals surface area contributed by atoms with E-state index < -0.39 is 0 Å². The molecule has 98 valence electrons. The van der Waals surface area contributed by atoms with E-state index in [9.17, 15) is 0 Å². The molecular weight excluding hydrogens is 192 g/mol. The first-order valence-corrected chi connectivity index (χ1v) is 6.97. The maximum absolute atomic E-state index is 2.43. The highest BCUT2D eigenvalue weighted by Gasteiger charge is 2.26. The maximum atomic E-state index is 2.43. The molecule has 0 aromatic heterocycles. The Bertz CT molecular complexity index is 191. The molecule has 0 aromatic carbocycles. The second kappa shape index (κ2) is 5.56. The quantitative estimate of drug-likeness (QED) is 0.517. The zero-order valence-corrected chi connectivity index (χ0v) is 13.0. The van der Waals surface area contributed by atoms with Gasteiger partial charge in [-0.1, -0.05) is 68.2 Å². The normalized spacial score (nSPS) is 14.2. The van der Waals surface area contributed by atoms with Crippen LogP contribution in [0.1, 0.15) is 87.5 Å². The summed E-state index contributed by atoms with van der Waals surface area (Å²) in [7, 11) is 0. The van der Waals surface area contributed by atoms with E-state index in [0.29, 0.717) is 16.2 Å². The van der Waals surface area contributed by atoms with Crippen molar-refractivity contribution < 1.29 is 0 Å². The van der Waals surface area contributed by atoms with Gasteiger partial charge in [0.05, 0.1) is 0 Å². The van der Waals surface area contributed by atoms with Crippen molar-refractivity contribution in [2.75, 3.05) is 0 Å². The first-order chi connectivity index (χ1) is 6.97. The lowest BCUT2D eigenvalue weighted by molar-refractivity contribution is 0.183. The van der Waals surface area contributed by atoms with E-state index in [1.807, 2.05) is 0 Å². The van der Waals surface area contributed by atoms with Gasteiger partial charge in [-0.15, -0.1) is 0 Å². The second-order valence-electron chi connectivity index (χ2n) is 8.27. The minimum Gasteiger partial charge on any atom is -0.0649 e. The van der Waals surface area contributed by atoms with E-state index in [-0.39, 0.29) is 0 Å². The van der Waals surface area contributed by atoms with Crippen LogP contribution in [0.25, 0.3) is 0 Å². The molecule has 0 aromatic rings. The van der Waals surface area contributed by atoms with Crippen molar-refractivity contribution in [2.24, 2.45) is 16.2 Å². The Morgan fingerprint density at radius 1 is 0.688 bits per heavy atom. The molecule has 0 aliphatic rings. The average Bonchev–Trinajstić information content (AvgIpc) is 1.98. The van der Waals surface area contributed by atoms with E-state index in [4.69, 9.17) is 0 Å². The fraction of sp³-hybridized carbons (Fsp3) is 1.00. The van der Waals surface area contributed by atoms with E-state index in [0.717, 1.165) is 0 Å². The summed E-state index contributed by atoms with van der Waals surface area (Å²) in [6, 6.07) is 0. The van der Waals surface area contributed by atoms with Crippen LogP contribution in [-0.4, -0.2) is 0 Å². The minimum atomic E-state index is 0.462. The fourth-order valence-corrected chi connectivity index (χ4v) is 2.75. The molecule has 0 unspecified atom stereocenters. The number of hydrogen-bond donors (Lipinski definition) is 0. The molecule has 0 saturated heterocycles. The maximum Gasteiger partial charge on any atom is -0.0349 e. The molecule has 0 atom stereocenters. The SMILES string of the molecule is CCC(C)(C)CCCC(C)(C)CC(C)(C)C. The van der Waals surface area contributed by atoms with E-state index in [1.165, 1.54) is 32.1 Å². The molecule has 0 fully saturated rings. The van der Waals surface area contributed by atoms with Crippen LogP contribution in [0.2, 0.25) is 0 Å². The minimum absolute atomic E-state index is 0.462. The summed E-state index contributed by atoms with van der Waals surface area (Å²) in [5, 5.41) is 0. The molecule has 0 heterocycles. The molecule has 0 N–H and O–H groups in total. The summed E-state index contributed by atoms with van der Waals surface area (Å²) in [6.07, 6.45) is 6.74. The molecule has 0 spiro atoms. The third-order valence-electron chi connectivity index (χ3n) is 3.67. The van der Waals surface area contributed by atoms with Gasteiger partial charge in [0.1, 0.15) is 0 Å². The molecule has 0 bridgehead atoms. The second-order valence-corrected chi connectivity index (χ2v) is 8.27. The summed E-state index contributed by atoms with van der Waals surface area (Å²) in [6.45, 7) is 19.0. The van der Waals surface area contributed by atoms with Crippen LogP contribution >= 0.6 is 0 Å². The van der Waals surface area contributed by atoms with Gasteiger partial charge in [0.2, 0.25) is 0 Å². The Morgan fingerprint density at radius 3 is 1.50 bits per heavy atom. The van der Waals surface area contributed by atoms with Gasteiger partial charge in [-0.05, 0) is 35.5 Å². The van der Waals surface area contributed by atoms with Gasteiger partial charge < -0.3 is 0 Å². The van der Waals surface area contributed by atoms with Crippen LogP contribution in [0, 0.1) is 16.2 Å². The summed E-state index contributed by atoms with van der Waals surface area (Å²) < 4.78 is 0. The zero-order valence-electron chi connectivity index (χ0n) is 13.0. The third kappa shape index (κ3) is 8.19. The van der Waals surface area contributed by atoms with Crippen molar-refractivity contribution in [2.45, 2.75) is 87.5 Å². The molecule has 16 heavy (non-hydrogen) atoms. The lowest BCUT2D eigenvalue weighted by Gasteiger charge is -2.33. The first-order valence-electron chi connectivity index (χ1n) is 6.97. The van der Waals surface area contributed by atoms with Crippen molar-refractivity contribution >= 4 is 0 Å². The molecule has 0 aliphatic carbocycles. The molecule has 0 rings (SSSR count). The van der Waals surface area contributed by atoms with E-state index in [2.05, 4.69) is 55.4 Å². The zero-order chi connectivity index (χ0) is 13.0.